The summed E-state index contributed by atoms with van der Waals surface area (Å²) in [7, 11) is 3.36. The average molecular weight is 464 g/mol. The van der Waals surface area contributed by atoms with Crippen molar-refractivity contribution < 1.29 is 14.3 Å². The first-order chi connectivity index (χ1) is 16.2. The molecule has 0 saturated carbocycles. The molecule has 0 aromatic heterocycles. The molecule has 1 atom stereocenters. The zero-order chi connectivity index (χ0) is 24.8. The molecule has 1 saturated heterocycles. The maximum atomic E-state index is 13.0. The summed E-state index contributed by atoms with van der Waals surface area (Å²) >= 11 is 0. The number of nitrogens with two attached hydrogens (primary N) is 1. The molecule has 1 aromatic rings. The molecule has 2 heterocycles. The molecule has 1 amide bonds. The van der Waals surface area contributed by atoms with Gasteiger partial charge in [-0.2, -0.15) is 0 Å². The van der Waals surface area contributed by atoms with Crippen molar-refractivity contribution in [3.63, 3.8) is 0 Å². The second-order valence-electron chi connectivity index (χ2n) is 8.98. The predicted octanol–water partition coefficient (Wildman–Crippen LogP) is 4.55. The maximum Gasteiger partial charge on any atom is 0.254 e. The van der Waals surface area contributed by atoms with Gasteiger partial charge in [-0.25, -0.2) is 0 Å². The summed E-state index contributed by atoms with van der Waals surface area (Å²) in [6, 6.07) is 6.11. The van der Waals surface area contributed by atoms with Crippen LogP contribution in [0.3, 0.4) is 0 Å². The first-order valence-electron chi connectivity index (χ1n) is 11.7. The van der Waals surface area contributed by atoms with Crippen LogP contribution >= 0.6 is 0 Å². The summed E-state index contributed by atoms with van der Waals surface area (Å²) in [5, 5.41) is 0. The molecule has 2 N–H and O–H groups in total. The molecule has 3 rings (SSSR count). The lowest BCUT2D eigenvalue weighted by molar-refractivity contribution is -0.127. The molecule has 6 nitrogen and oxygen atoms in total. The molecular weight excluding hydrogens is 426 g/mol. The van der Waals surface area contributed by atoms with Gasteiger partial charge >= 0.3 is 0 Å². The van der Waals surface area contributed by atoms with Crippen LogP contribution in [-0.4, -0.2) is 55.7 Å². The minimum atomic E-state index is 0.00671. The fourth-order valence-electron chi connectivity index (χ4n) is 4.32. The average Bonchev–Trinajstić information content (AvgIpc) is 2.83. The second-order valence-corrected chi connectivity index (χ2v) is 8.98. The maximum absolute atomic E-state index is 13.0. The molecule has 2 aliphatic rings. The van der Waals surface area contributed by atoms with Gasteiger partial charge < -0.3 is 25.0 Å². The van der Waals surface area contributed by atoms with Gasteiger partial charge in [-0.05, 0) is 80.2 Å². The number of allylic oxidation sites excluding steroid dienone is 3. The number of aryl methyl sites for hydroxylation is 1. The zero-order valence-electron chi connectivity index (χ0n) is 21.1. The molecule has 6 heteroatoms. The number of likely N-dealkylation sites (tertiary alicyclic amines) is 1. The summed E-state index contributed by atoms with van der Waals surface area (Å²) < 4.78 is 10.9. The first kappa shape index (κ1) is 25.5. The number of piperidine rings is 1. The minimum absolute atomic E-state index is 0.00671. The van der Waals surface area contributed by atoms with Crippen LogP contribution in [0.2, 0.25) is 0 Å². The number of hydrogen-bond donors (Lipinski definition) is 1. The van der Waals surface area contributed by atoms with E-state index in [1.165, 1.54) is 0 Å². The van der Waals surface area contributed by atoms with E-state index in [1.54, 1.807) is 14.2 Å². The normalized spacial score (nSPS) is 19.7. The van der Waals surface area contributed by atoms with Gasteiger partial charge in [0.05, 0.1) is 19.4 Å². The van der Waals surface area contributed by atoms with Crippen molar-refractivity contribution >= 4 is 12.0 Å². The number of ether oxygens (including phenoxy) is 2. The molecule has 0 spiro atoms. The summed E-state index contributed by atoms with van der Waals surface area (Å²) in [5.41, 5.74) is 12.9. The molecule has 0 bridgehead atoms. The number of carbonyl (C=O) groups excluding carboxylic acids is 1. The fourth-order valence-corrected chi connectivity index (χ4v) is 4.32. The van der Waals surface area contributed by atoms with Crippen LogP contribution in [0, 0.1) is 6.92 Å². The molecule has 1 aromatic carbocycles. The predicted molar refractivity (Wildman–Crippen MR) is 138 cm³/mol. The van der Waals surface area contributed by atoms with Gasteiger partial charge in [-0.3, -0.25) is 4.79 Å². The van der Waals surface area contributed by atoms with E-state index in [0.29, 0.717) is 18.7 Å². The molecule has 2 aliphatic heterocycles. The van der Waals surface area contributed by atoms with E-state index in [2.05, 4.69) is 39.5 Å². The van der Waals surface area contributed by atoms with E-state index in [4.69, 9.17) is 15.2 Å². The van der Waals surface area contributed by atoms with E-state index >= 15 is 0 Å². The Morgan fingerprint density at radius 2 is 2.06 bits per heavy atom. The van der Waals surface area contributed by atoms with Crippen molar-refractivity contribution in [3.8, 4) is 5.75 Å². The highest BCUT2D eigenvalue weighted by Gasteiger charge is 2.25. The van der Waals surface area contributed by atoms with E-state index in [9.17, 15) is 4.79 Å². The van der Waals surface area contributed by atoms with Gasteiger partial charge in [0.2, 0.25) is 0 Å². The number of carbonyl (C=O) groups is 1. The Morgan fingerprint density at radius 3 is 2.68 bits per heavy atom. The van der Waals surface area contributed by atoms with E-state index in [0.717, 1.165) is 58.8 Å². The van der Waals surface area contributed by atoms with Gasteiger partial charge in [0, 0.05) is 43.7 Å². The molecule has 1 fully saturated rings. The number of nitrogens with zero attached hydrogens (tertiary/aromatic N) is 2. The van der Waals surface area contributed by atoms with Gasteiger partial charge in [-0.15, -0.1) is 0 Å². The second kappa shape index (κ2) is 11.4. The smallest absolute Gasteiger partial charge is 0.254 e. The third kappa shape index (κ3) is 5.88. The monoisotopic (exact) mass is 463 g/mol. The molecular formula is C28H37N3O3. The SMILES string of the molecule is C=C1C=C(C(=O)N2CCCC(N)C2)C=CN1/C(COC)=C(C)/C(C)=C/c1ccc(OC)cc1C. The topological polar surface area (TPSA) is 68.0 Å². The van der Waals surface area contributed by atoms with Crippen molar-refractivity contribution in [1.29, 1.82) is 0 Å². The number of rotatable bonds is 7. The zero-order valence-corrected chi connectivity index (χ0v) is 21.1. The van der Waals surface area contributed by atoms with Gasteiger partial charge in [0.15, 0.2) is 0 Å². The highest BCUT2D eigenvalue weighted by atomic mass is 16.5. The first-order valence-corrected chi connectivity index (χ1v) is 11.7. The van der Waals surface area contributed by atoms with Crippen LogP contribution in [0.4, 0.5) is 0 Å². The third-order valence-corrected chi connectivity index (χ3v) is 6.47. The number of hydrogen-bond acceptors (Lipinski definition) is 5. The van der Waals surface area contributed by atoms with Crippen molar-refractivity contribution in [1.82, 2.24) is 9.80 Å². The standard InChI is InChI=1S/C28H37N3O3/c1-19(14-23-9-10-26(34-6)15-20(23)2)22(4)27(18-33-5)31-13-11-24(16-21(31)3)28(32)30-12-7-8-25(29)17-30/h9-11,13-16,25H,3,7-8,12,17-18,29H2,1-2,4-6H3/b19-14+,27-22+. The van der Waals surface area contributed by atoms with Crippen molar-refractivity contribution in [2.75, 3.05) is 33.9 Å². The molecule has 182 valence electrons. The van der Waals surface area contributed by atoms with Crippen LogP contribution in [0.5, 0.6) is 5.75 Å². The van der Waals surface area contributed by atoms with Crippen LogP contribution in [0.25, 0.3) is 6.08 Å². The largest absolute Gasteiger partial charge is 0.497 e. The Labute approximate surface area is 203 Å². The Morgan fingerprint density at radius 1 is 1.29 bits per heavy atom. The highest BCUT2D eigenvalue weighted by molar-refractivity contribution is 5.97. The number of benzene rings is 1. The van der Waals surface area contributed by atoms with Gasteiger partial charge in [0.25, 0.3) is 5.91 Å². The Kier molecular flexibility index (Phi) is 8.53. The molecule has 0 radical (unpaired) electrons. The van der Waals surface area contributed by atoms with Crippen LogP contribution in [-0.2, 0) is 9.53 Å². The summed E-state index contributed by atoms with van der Waals surface area (Å²) in [4.78, 5) is 16.8. The quantitative estimate of drug-likeness (QED) is 0.601. The van der Waals surface area contributed by atoms with Crippen LogP contribution in [0.1, 0.15) is 37.8 Å². The van der Waals surface area contributed by atoms with E-state index in [-0.39, 0.29) is 11.9 Å². The lowest BCUT2D eigenvalue weighted by Gasteiger charge is -2.33. The third-order valence-electron chi connectivity index (χ3n) is 6.47. The van der Waals surface area contributed by atoms with Crippen molar-refractivity contribution in [2.24, 2.45) is 5.73 Å². The van der Waals surface area contributed by atoms with Crippen molar-refractivity contribution in [2.45, 2.75) is 39.7 Å². The fraction of sp³-hybridized carbons (Fsp3) is 0.393. The Bertz CT molecular complexity index is 1060. The Balaban J connectivity index is 1.85. The van der Waals surface area contributed by atoms with Crippen molar-refractivity contribution in [3.05, 3.63) is 82.4 Å². The van der Waals surface area contributed by atoms with Gasteiger partial charge in [-0.1, -0.05) is 18.7 Å². The van der Waals surface area contributed by atoms with E-state index in [1.807, 2.05) is 40.3 Å². The van der Waals surface area contributed by atoms with Crippen LogP contribution < -0.4 is 10.5 Å². The summed E-state index contributed by atoms with van der Waals surface area (Å²) in [5.74, 6) is 0.852. The summed E-state index contributed by atoms with van der Waals surface area (Å²) in [6.07, 6.45) is 9.68. The minimum Gasteiger partial charge on any atom is -0.497 e. The highest BCUT2D eigenvalue weighted by Crippen LogP contribution is 2.28. The number of methoxy groups -OCH3 is 2. The molecule has 0 aliphatic carbocycles. The number of amides is 1. The van der Waals surface area contributed by atoms with E-state index < -0.39 is 0 Å². The lowest BCUT2D eigenvalue weighted by atomic mass is 9.99. The van der Waals surface area contributed by atoms with Gasteiger partial charge in [0.1, 0.15) is 5.75 Å². The molecule has 1 unspecified atom stereocenters. The summed E-state index contributed by atoms with van der Waals surface area (Å²) in [6.45, 7) is 12.2. The molecule has 34 heavy (non-hydrogen) atoms. The van der Waals surface area contributed by atoms with Crippen LogP contribution in [0.15, 0.2) is 71.2 Å². The lowest BCUT2D eigenvalue weighted by Crippen LogP contribution is -2.46. The Hall–Kier alpha value is -3.09.